The van der Waals surface area contributed by atoms with Crippen LogP contribution >= 0.6 is 11.8 Å². The highest BCUT2D eigenvalue weighted by Crippen LogP contribution is 2.50. The molecular weight excluding hydrogens is 563 g/mol. The zero-order valence-corrected chi connectivity index (χ0v) is 24.3. The Labute approximate surface area is 253 Å². The number of carbonyl (C=O) groups excluding carboxylic acids is 2. The first-order chi connectivity index (χ1) is 21.0. The highest BCUT2D eigenvalue weighted by Gasteiger charge is 2.38. The number of amides is 2. The molecule has 2 heterocycles. The number of nitrogens with zero attached hydrogens (tertiary/aromatic N) is 3. The summed E-state index contributed by atoms with van der Waals surface area (Å²) in [5.41, 5.74) is 4.68. The van der Waals surface area contributed by atoms with Gasteiger partial charge in [-0.1, -0.05) is 78.9 Å². The molecule has 1 aromatic heterocycles. The number of carbonyl (C=O) groups is 2. The molecule has 0 saturated carbocycles. The van der Waals surface area contributed by atoms with Gasteiger partial charge < -0.3 is 10.1 Å². The Kier molecular flexibility index (Phi) is 8.24. The van der Waals surface area contributed by atoms with E-state index in [4.69, 9.17) is 9.84 Å². The van der Waals surface area contributed by atoms with Gasteiger partial charge in [-0.05, 0) is 35.9 Å². The van der Waals surface area contributed by atoms with Gasteiger partial charge in [0, 0.05) is 23.2 Å². The molecule has 1 N–H and O–H groups in total. The zero-order valence-electron chi connectivity index (χ0n) is 23.4. The first-order valence-corrected chi connectivity index (χ1v) is 14.9. The lowest BCUT2D eigenvalue weighted by Crippen LogP contribution is -2.42. The van der Waals surface area contributed by atoms with Crippen molar-refractivity contribution in [1.29, 1.82) is 0 Å². The van der Waals surface area contributed by atoms with Gasteiger partial charge in [-0.25, -0.2) is 9.07 Å². The van der Waals surface area contributed by atoms with Crippen LogP contribution in [-0.4, -0.2) is 41.0 Å². The SMILES string of the molecule is COc1ccccc1C1SCC(=O)N(CC(=O)NCc2ccccc2)c2c1c(-c1ccccc1)nn2-c1ccc(F)cc1. The van der Waals surface area contributed by atoms with Crippen LogP contribution < -0.4 is 15.0 Å². The first kappa shape index (κ1) is 28.2. The molecule has 6 rings (SSSR count). The van der Waals surface area contributed by atoms with Gasteiger partial charge in [-0.2, -0.15) is 5.10 Å². The molecule has 0 spiro atoms. The molecule has 1 aliphatic heterocycles. The molecule has 0 aliphatic carbocycles. The highest BCUT2D eigenvalue weighted by molar-refractivity contribution is 8.00. The number of hydrogen-bond donors (Lipinski definition) is 1. The van der Waals surface area contributed by atoms with E-state index in [0.717, 1.165) is 22.3 Å². The predicted octanol–water partition coefficient (Wildman–Crippen LogP) is 6.17. The van der Waals surface area contributed by atoms with Gasteiger partial charge in [0.15, 0.2) is 0 Å². The van der Waals surface area contributed by atoms with Gasteiger partial charge >= 0.3 is 0 Å². The van der Waals surface area contributed by atoms with Gasteiger partial charge in [0.1, 0.15) is 23.9 Å². The van der Waals surface area contributed by atoms with Crippen molar-refractivity contribution < 1.29 is 18.7 Å². The Hall–Kier alpha value is -4.89. The molecule has 0 saturated heterocycles. The lowest BCUT2D eigenvalue weighted by molar-refractivity contribution is -0.123. The Morgan fingerprint density at radius 1 is 0.953 bits per heavy atom. The zero-order chi connectivity index (χ0) is 29.8. The number of para-hydroxylation sites is 1. The maximum absolute atomic E-state index is 14.0. The molecule has 216 valence electrons. The minimum atomic E-state index is -0.388. The number of thioether (sulfide) groups is 1. The van der Waals surface area contributed by atoms with Gasteiger partial charge in [-0.15, -0.1) is 11.8 Å². The molecule has 0 radical (unpaired) electrons. The third-order valence-corrected chi connectivity index (χ3v) is 8.50. The topological polar surface area (TPSA) is 76.5 Å². The Morgan fingerprint density at radius 2 is 1.63 bits per heavy atom. The van der Waals surface area contributed by atoms with Crippen LogP contribution in [0.3, 0.4) is 0 Å². The van der Waals surface area contributed by atoms with E-state index in [0.29, 0.717) is 29.5 Å². The molecule has 0 bridgehead atoms. The maximum atomic E-state index is 14.0. The predicted molar refractivity (Wildman–Crippen MR) is 167 cm³/mol. The highest BCUT2D eigenvalue weighted by atomic mass is 32.2. The maximum Gasteiger partial charge on any atom is 0.240 e. The molecule has 1 unspecified atom stereocenters. The number of ether oxygens (including phenoxy) is 1. The summed E-state index contributed by atoms with van der Waals surface area (Å²) in [5.74, 6) is 0.340. The van der Waals surface area contributed by atoms with E-state index >= 15 is 0 Å². The second kappa shape index (κ2) is 12.5. The normalized spacial score (nSPS) is 14.6. The molecule has 2 amide bonds. The van der Waals surface area contributed by atoms with E-state index in [1.807, 2.05) is 84.9 Å². The molecule has 7 nitrogen and oxygen atoms in total. The number of methoxy groups -OCH3 is 1. The van der Waals surface area contributed by atoms with Crippen LogP contribution in [0.5, 0.6) is 5.75 Å². The molecule has 1 aliphatic rings. The summed E-state index contributed by atoms with van der Waals surface area (Å²) in [6.07, 6.45) is 0. The lowest BCUT2D eigenvalue weighted by Gasteiger charge is -2.23. The smallest absolute Gasteiger partial charge is 0.240 e. The summed E-state index contributed by atoms with van der Waals surface area (Å²) in [5, 5.41) is 7.63. The van der Waals surface area contributed by atoms with Crippen LogP contribution in [0.25, 0.3) is 16.9 Å². The van der Waals surface area contributed by atoms with Crippen molar-refractivity contribution in [3.63, 3.8) is 0 Å². The number of nitrogens with one attached hydrogen (secondary N) is 1. The van der Waals surface area contributed by atoms with E-state index in [1.165, 1.54) is 28.8 Å². The second-order valence-electron chi connectivity index (χ2n) is 10.0. The minimum Gasteiger partial charge on any atom is -0.496 e. The number of fused-ring (bicyclic) bond motifs is 1. The number of anilines is 1. The van der Waals surface area contributed by atoms with Gasteiger partial charge in [0.2, 0.25) is 11.8 Å². The van der Waals surface area contributed by atoms with Crippen molar-refractivity contribution >= 4 is 29.4 Å². The van der Waals surface area contributed by atoms with E-state index in [1.54, 1.807) is 23.9 Å². The van der Waals surface area contributed by atoms with Crippen LogP contribution in [0.1, 0.15) is 21.9 Å². The van der Waals surface area contributed by atoms with Crippen molar-refractivity contribution in [2.75, 3.05) is 24.3 Å². The van der Waals surface area contributed by atoms with E-state index in [-0.39, 0.29) is 35.2 Å². The summed E-state index contributed by atoms with van der Waals surface area (Å²) in [6, 6.07) is 33.0. The number of aromatic nitrogens is 2. The molecule has 43 heavy (non-hydrogen) atoms. The van der Waals surface area contributed by atoms with E-state index in [9.17, 15) is 14.0 Å². The molecule has 5 aromatic rings. The first-order valence-electron chi connectivity index (χ1n) is 13.8. The van der Waals surface area contributed by atoms with Crippen molar-refractivity contribution in [1.82, 2.24) is 15.1 Å². The largest absolute Gasteiger partial charge is 0.496 e. The molecular formula is C34H29FN4O3S. The van der Waals surface area contributed by atoms with E-state index in [2.05, 4.69) is 5.32 Å². The van der Waals surface area contributed by atoms with Gasteiger partial charge in [-0.3, -0.25) is 14.5 Å². The lowest BCUT2D eigenvalue weighted by atomic mass is 9.99. The van der Waals surface area contributed by atoms with Crippen LogP contribution in [0.15, 0.2) is 109 Å². The van der Waals surface area contributed by atoms with Crippen LogP contribution in [0, 0.1) is 5.82 Å². The van der Waals surface area contributed by atoms with Gasteiger partial charge in [0.25, 0.3) is 0 Å². The van der Waals surface area contributed by atoms with Gasteiger partial charge in [0.05, 0.1) is 29.5 Å². The number of rotatable bonds is 8. The molecule has 9 heteroatoms. The van der Waals surface area contributed by atoms with Crippen LogP contribution in [-0.2, 0) is 16.1 Å². The summed E-state index contributed by atoms with van der Waals surface area (Å²) in [4.78, 5) is 28.8. The summed E-state index contributed by atoms with van der Waals surface area (Å²) < 4.78 is 21.4. The fourth-order valence-corrected chi connectivity index (χ4v) is 6.44. The average Bonchev–Trinajstić information content (AvgIpc) is 3.37. The number of halogens is 1. The van der Waals surface area contributed by atoms with Crippen molar-refractivity contribution in [2.24, 2.45) is 0 Å². The van der Waals surface area contributed by atoms with Crippen molar-refractivity contribution in [2.45, 2.75) is 11.8 Å². The second-order valence-corrected chi connectivity index (χ2v) is 11.1. The fraction of sp³-hybridized carbons (Fsp3) is 0.147. The summed E-state index contributed by atoms with van der Waals surface area (Å²) in [7, 11) is 1.62. The van der Waals surface area contributed by atoms with Crippen molar-refractivity contribution in [3.05, 3.63) is 132 Å². The minimum absolute atomic E-state index is 0.126. The van der Waals surface area contributed by atoms with Crippen LogP contribution in [0.4, 0.5) is 10.2 Å². The fourth-order valence-electron chi connectivity index (χ4n) is 5.22. The Morgan fingerprint density at radius 3 is 2.35 bits per heavy atom. The molecule has 4 aromatic carbocycles. The third-order valence-electron chi connectivity index (χ3n) is 7.26. The average molecular weight is 593 g/mol. The quantitative estimate of drug-likeness (QED) is 0.233. The Bertz CT molecular complexity index is 1740. The monoisotopic (exact) mass is 592 g/mol. The molecule has 1 atom stereocenters. The van der Waals surface area contributed by atoms with Crippen LogP contribution in [0.2, 0.25) is 0 Å². The summed E-state index contributed by atoms with van der Waals surface area (Å²) in [6.45, 7) is 0.124. The third kappa shape index (κ3) is 5.89. The summed E-state index contributed by atoms with van der Waals surface area (Å²) >= 11 is 1.46. The number of benzene rings is 4. The Balaban J connectivity index is 1.53. The molecule has 0 fully saturated rings. The van der Waals surface area contributed by atoms with E-state index < -0.39 is 0 Å². The standard InChI is InChI=1S/C34H29FN4O3S/c1-42-28-15-9-8-14-27(28)33-31-32(24-12-6-3-7-13-24)37-39(26-18-16-25(35)17-19-26)34(31)38(30(41)22-43-33)21-29(40)36-20-23-10-4-2-5-11-23/h2-19,33H,20-22H2,1H3,(H,36,40). The van der Waals surface area contributed by atoms with Crippen molar-refractivity contribution in [3.8, 4) is 22.7 Å². The number of hydrogen-bond acceptors (Lipinski definition) is 5.